The molecule has 5 nitrogen and oxygen atoms in total. The van der Waals surface area contributed by atoms with Gasteiger partial charge in [0.15, 0.2) is 6.61 Å². The lowest BCUT2D eigenvalue weighted by molar-refractivity contribution is -0.146. The Bertz CT molecular complexity index is 376. The lowest BCUT2D eigenvalue weighted by Crippen LogP contribution is -2.19. The summed E-state index contributed by atoms with van der Waals surface area (Å²) in [5.74, 6) is 1.01. The summed E-state index contributed by atoms with van der Waals surface area (Å²) in [5, 5.41) is 0. The monoisotopic (exact) mass is 267 g/mol. The van der Waals surface area contributed by atoms with Gasteiger partial charge in [0.05, 0.1) is 13.7 Å². The fourth-order valence-corrected chi connectivity index (χ4v) is 1.42. The van der Waals surface area contributed by atoms with Crippen LogP contribution >= 0.6 is 0 Å². The molecule has 0 unspecified atom stereocenters. The molecule has 0 atom stereocenters. The highest BCUT2D eigenvalue weighted by atomic mass is 16.6. The molecular formula is C14H21NO4. The smallest absolute Gasteiger partial charge is 0.344 e. The van der Waals surface area contributed by atoms with Crippen LogP contribution in [0.5, 0.6) is 11.5 Å². The van der Waals surface area contributed by atoms with Gasteiger partial charge in [-0.2, -0.15) is 0 Å². The second-order valence-corrected chi connectivity index (χ2v) is 4.34. The maximum Gasteiger partial charge on any atom is 0.344 e. The Labute approximate surface area is 114 Å². The fraction of sp³-hybridized carbons (Fsp3) is 0.500. The molecule has 1 rings (SSSR count). The predicted molar refractivity (Wildman–Crippen MR) is 72.6 cm³/mol. The number of nitrogens with zero attached hydrogens (tertiary/aromatic N) is 1. The molecule has 0 N–H and O–H groups in total. The Morgan fingerprint density at radius 3 is 2.37 bits per heavy atom. The molecule has 0 heterocycles. The van der Waals surface area contributed by atoms with E-state index in [1.54, 1.807) is 31.4 Å². The third kappa shape index (κ3) is 6.67. The van der Waals surface area contributed by atoms with Crippen molar-refractivity contribution in [2.24, 2.45) is 0 Å². The van der Waals surface area contributed by atoms with E-state index in [2.05, 4.69) is 0 Å². The van der Waals surface area contributed by atoms with Gasteiger partial charge in [0.2, 0.25) is 0 Å². The highest BCUT2D eigenvalue weighted by Crippen LogP contribution is 2.16. The number of hydrogen-bond acceptors (Lipinski definition) is 5. The third-order valence-corrected chi connectivity index (χ3v) is 2.43. The quantitative estimate of drug-likeness (QED) is 0.528. The minimum Gasteiger partial charge on any atom is -0.497 e. The van der Waals surface area contributed by atoms with Crippen molar-refractivity contribution in [2.75, 3.05) is 41.0 Å². The standard InChI is InChI=1S/C14H21NO4/c1-15(2)9-4-10-18-14(16)11-19-13-7-5-12(17-3)6-8-13/h5-8H,4,9-11H2,1-3H3. The summed E-state index contributed by atoms with van der Waals surface area (Å²) in [6.07, 6.45) is 0.821. The zero-order valence-electron chi connectivity index (χ0n) is 11.7. The van der Waals surface area contributed by atoms with Crippen LogP contribution in [0.3, 0.4) is 0 Å². The summed E-state index contributed by atoms with van der Waals surface area (Å²) in [5.41, 5.74) is 0. The van der Waals surface area contributed by atoms with Gasteiger partial charge in [0.1, 0.15) is 11.5 Å². The molecule has 0 radical (unpaired) electrons. The highest BCUT2D eigenvalue weighted by molar-refractivity contribution is 5.71. The van der Waals surface area contributed by atoms with E-state index in [0.717, 1.165) is 18.7 Å². The number of esters is 1. The zero-order chi connectivity index (χ0) is 14.1. The van der Waals surface area contributed by atoms with Gasteiger partial charge in [-0.15, -0.1) is 0 Å². The molecule has 0 spiro atoms. The number of hydrogen-bond donors (Lipinski definition) is 0. The SMILES string of the molecule is COc1ccc(OCC(=O)OCCCN(C)C)cc1. The normalized spacial score (nSPS) is 10.3. The molecule has 0 aliphatic carbocycles. The van der Waals surface area contributed by atoms with Crippen LogP contribution in [0.25, 0.3) is 0 Å². The Kier molecular flexibility index (Phi) is 6.74. The first kappa shape index (κ1) is 15.3. The Hall–Kier alpha value is -1.75. The maximum atomic E-state index is 11.4. The molecule has 0 fully saturated rings. The maximum absolute atomic E-state index is 11.4. The molecule has 0 aromatic heterocycles. The summed E-state index contributed by atoms with van der Waals surface area (Å²) < 4.78 is 15.4. The van der Waals surface area contributed by atoms with Crippen molar-refractivity contribution in [1.82, 2.24) is 4.90 Å². The van der Waals surface area contributed by atoms with Crippen molar-refractivity contribution in [3.8, 4) is 11.5 Å². The van der Waals surface area contributed by atoms with Crippen molar-refractivity contribution in [2.45, 2.75) is 6.42 Å². The van der Waals surface area contributed by atoms with E-state index >= 15 is 0 Å². The average molecular weight is 267 g/mol. The highest BCUT2D eigenvalue weighted by Gasteiger charge is 2.04. The molecule has 0 bridgehead atoms. The van der Waals surface area contributed by atoms with Crippen LogP contribution in [0, 0.1) is 0 Å². The third-order valence-electron chi connectivity index (χ3n) is 2.43. The summed E-state index contributed by atoms with van der Waals surface area (Å²) in [6.45, 7) is 1.24. The van der Waals surface area contributed by atoms with Crippen LogP contribution in [0.15, 0.2) is 24.3 Å². The van der Waals surface area contributed by atoms with Gasteiger partial charge < -0.3 is 19.1 Å². The molecular weight excluding hydrogens is 246 g/mol. The lowest BCUT2D eigenvalue weighted by Gasteiger charge is -2.10. The molecule has 0 amide bonds. The van der Waals surface area contributed by atoms with Crippen LogP contribution < -0.4 is 9.47 Å². The summed E-state index contributed by atoms with van der Waals surface area (Å²) in [7, 11) is 5.56. The van der Waals surface area contributed by atoms with Crippen molar-refractivity contribution in [1.29, 1.82) is 0 Å². The van der Waals surface area contributed by atoms with E-state index in [1.807, 2.05) is 19.0 Å². The molecule has 1 aromatic carbocycles. The average Bonchev–Trinajstić information content (AvgIpc) is 2.41. The number of methoxy groups -OCH3 is 1. The summed E-state index contributed by atoms with van der Waals surface area (Å²) in [4.78, 5) is 13.4. The van der Waals surface area contributed by atoms with E-state index < -0.39 is 0 Å². The van der Waals surface area contributed by atoms with Crippen molar-refractivity contribution < 1.29 is 19.0 Å². The van der Waals surface area contributed by atoms with Gasteiger partial charge in [0.25, 0.3) is 0 Å². The first-order chi connectivity index (χ1) is 9.11. The van der Waals surface area contributed by atoms with Gasteiger partial charge in [-0.3, -0.25) is 0 Å². The molecule has 1 aromatic rings. The van der Waals surface area contributed by atoms with Gasteiger partial charge in [-0.1, -0.05) is 0 Å². The zero-order valence-corrected chi connectivity index (χ0v) is 11.7. The topological polar surface area (TPSA) is 48.0 Å². The first-order valence-electron chi connectivity index (χ1n) is 6.19. The van der Waals surface area contributed by atoms with E-state index in [-0.39, 0.29) is 12.6 Å². The van der Waals surface area contributed by atoms with Gasteiger partial charge in [0, 0.05) is 6.54 Å². The molecule has 5 heteroatoms. The summed E-state index contributed by atoms with van der Waals surface area (Å²) >= 11 is 0. The number of ether oxygens (including phenoxy) is 3. The largest absolute Gasteiger partial charge is 0.497 e. The minimum atomic E-state index is -0.352. The Balaban J connectivity index is 2.18. The van der Waals surface area contributed by atoms with Gasteiger partial charge in [-0.25, -0.2) is 4.79 Å². The summed E-state index contributed by atoms with van der Waals surface area (Å²) in [6, 6.07) is 7.05. The first-order valence-corrected chi connectivity index (χ1v) is 6.19. The van der Waals surface area contributed by atoms with E-state index in [9.17, 15) is 4.79 Å². The number of carbonyl (C=O) groups is 1. The van der Waals surface area contributed by atoms with Crippen LogP contribution in [0.1, 0.15) is 6.42 Å². The van der Waals surface area contributed by atoms with Crippen LogP contribution in [-0.2, 0) is 9.53 Å². The molecule has 0 aliphatic rings. The number of benzene rings is 1. The fourth-order valence-electron chi connectivity index (χ4n) is 1.42. The molecule has 0 saturated carbocycles. The second-order valence-electron chi connectivity index (χ2n) is 4.34. The predicted octanol–water partition coefficient (Wildman–Crippen LogP) is 1.57. The van der Waals surface area contributed by atoms with Gasteiger partial charge >= 0.3 is 5.97 Å². The molecule has 19 heavy (non-hydrogen) atoms. The van der Waals surface area contributed by atoms with Crippen LogP contribution in [0.2, 0.25) is 0 Å². The number of rotatable bonds is 8. The van der Waals surface area contributed by atoms with E-state index in [4.69, 9.17) is 14.2 Å². The van der Waals surface area contributed by atoms with Crippen molar-refractivity contribution >= 4 is 5.97 Å². The van der Waals surface area contributed by atoms with E-state index in [0.29, 0.717) is 12.4 Å². The van der Waals surface area contributed by atoms with Crippen LogP contribution in [-0.4, -0.2) is 51.8 Å². The molecule has 0 saturated heterocycles. The molecule has 0 aliphatic heterocycles. The van der Waals surface area contributed by atoms with Gasteiger partial charge in [-0.05, 0) is 44.8 Å². The Morgan fingerprint density at radius 2 is 1.79 bits per heavy atom. The van der Waals surface area contributed by atoms with Crippen molar-refractivity contribution in [3.05, 3.63) is 24.3 Å². The lowest BCUT2D eigenvalue weighted by atomic mass is 10.3. The number of carbonyl (C=O) groups excluding carboxylic acids is 1. The second kappa shape index (κ2) is 8.37. The van der Waals surface area contributed by atoms with Crippen LogP contribution in [0.4, 0.5) is 0 Å². The molecule has 106 valence electrons. The minimum absolute atomic E-state index is 0.0751. The van der Waals surface area contributed by atoms with Crippen molar-refractivity contribution in [3.63, 3.8) is 0 Å². The van der Waals surface area contributed by atoms with E-state index in [1.165, 1.54) is 0 Å². The Morgan fingerprint density at radius 1 is 1.16 bits per heavy atom.